The summed E-state index contributed by atoms with van der Waals surface area (Å²) in [4.78, 5) is 13.7. The fraction of sp³-hybridized carbons (Fsp3) is 0.938. The smallest absolute Gasteiger partial charge is 0.410 e. The van der Waals surface area contributed by atoms with E-state index in [2.05, 4.69) is 19.2 Å². The Kier molecular flexibility index (Phi) is 8.90. The molecule has 2 N–H and O–H groups in total. The molecule has 0 aromatic heterocycles. The first-order valence-electron chi connectivity index (χ1n) is 7.97. The lowest BCUT2D eigenvalue weighted by molar-refractivity contribution is 0.0258. The van der Waals surface area contributed by atoms with Crippen molar-refractivity contribution in [1.82, 2.24) is 10.2 Å². The third kappa shape index (κ3) is 8.94. The first kappa shape index (κ1) is 20.2. The van der Waals surface area contributed by atoms with E-state index in [1.807, 2.05) is 27.7 Å². The summed E-state index contributed by atoms with van der Waals surface area (Å²) >= 11 is 0. The van der Waals surface area contributed by atoms with Crippen molar-refractivity contribution in [3.63, 3.8) is 0 Å². The number of rotatable bonds is 9. The topological polar surface area (TPSA) is 61.8 Å². The molecule has 0 aromatic rings. The maximum atomic E-state index is 12.0. The van der Waals surface area contributed by atoms with Gasteiger partial charge < -0.3 is 20.1 Å². The highest BCUT2D eigenvalue weighted by Crippen LogP contribution is 2.18. The van der Waals surface area contributed by atoms with E-state index in [1.54, 1.807) is 4.90 Å². The molecule has 0 fully saturated rings. The van der Waals surface area contributed by atoms with Gasteiger partial charge in [0, 0.05) is 31.7 Å². The number of ether oxygens (including phenoxy) is 1. The number of nitrogens with one attached hydrogen (secondary N) is 1. The monoisotopic (exact) mass is 302 g/mol. The molecule has 1 unspecified atom stereocenters. The largest absolute Gasteiger partial charge is 0.444 e. The van der Waals surface area contributed by atoms with Crippen LogP contribution in [0.1, 0.15) is 54.4 Å². The van der Waals surface area contributed by atoms with Gasteiger partial charge in [-0.15, -0.1) is 0 Å². The van der Waals surface area contributed by atoms with Gasteiger partial charge in [0.15, 0.2) is 0 Å². The zero-order valence-electron chi connectivity index (χ0n) is 14.7. The van der Waals surface area contributed by atoms with E-state index in [0.29, 0.717) is 13.1 Å². The molecule has 21 heavy (non-hydrogen) atoms. The minimum absolute atomic E-state index is 0.0599. The number of aliphatic hydroxyl groups is 1. The number of aliphatic hydroxyl groups excluding tert-OH is 1. The van der Waals surface area contributed by atoms with Gasteiger partial charge in [0.05, 0.1) is 0 Å². The van der Waals surface area contributed by atoms with Crippen molar-refractivity contribution >= 4 is 6.09 Å². The Hall–Kier alpha value is -0.810. The van der Waals surface area contributed by atoms with Crippen LogP contribution in [0.25, 0.3) is 0 Å². The van der Waals surface area contributed by atoms with Crippen LogP contribution in [0.5, 0.6) is 0 Å². The molecule has 0 aliphatic rings. The van der Waals surface area contributed by atoms with Crippen LogP contribution in [0, 0.1) is 5.41 Å². The fourth-order valence-electron chi connectivity index (χ4n) is 1.78. The maximum Gasteiger partial charge on any atom is 0.410 e. The normalized spacial score (nSPS) is 14.6. The zero-order valence-corrected chi connectivity index (χ0v) is 14.7. The lowest BCUT2D eigenvalue weighted by Gasteiger charge is -2.27. The number of carbonyl (C=O) groups excluding carboxylic acids is 1. The molecule has 0 bridgehead atoms. The summed E-state index contributed by atoms with van der Waals surface area (Å²) in [6.07, 6.45) is 1.56. The summed E-state index contributed by atoms with van der Waals surface area (Å²) in [5.74, 6) is 0. The number of nitrogens with zero attached hydrogens (tertiary/aromatic N) is 1. The highest BCUT2D eigenvalue weighted by Gasteiger charge is 2.21. The predicted molar refractivity (Wildman–Crippen MR) is 86.5 cm³/mol. The Morgan fingerprint density at radius 2 is 1.86 bits per heavy atom. The molecule has 126 valence electrons. The van der Waals surface area contributed by atoms with Gasteiger partial charge >= 0.3 is 6.09 Å². The number of hydrogen-bond acceptors (Lipinski definition) is 4. The van der Waals surface area contributed by atoms with E-state index in [-0.39, 0.29) is 18.1 Å². The summed E-state index contributed by atoms with van der Waals surface area (Å²) < 4.78 is 5.37. The van der Waals surface area contributed by atoms with E-state index in [4.69, 9.17) is 4.74 Å². The Labute approximate surface area is 130 Å². The average Bonchev–Trinajstić information content (AvgIpc) is 2.40. The Balaban J connectivity index is 4.00. The highest BCUT2D eigenvalue weighted by atomic mass is 16.6. The summed E-state index contributed by atoms with van der Waals surface area (Å²) in [5, 5.41) is 12.7. The van der Waals surface area contributed by atoms with Crippen LogP contribution >= 0.6 is 0 Å². The first-order chi connectivity index (χ1) is 9.67. The molecule has 0 radical (unpaired) electrons. The molecular weight excluding hydrogens is 268 g/mol. The zero-order chi connectivity index (χ0) is 16.5. The SMILES string of the molecule is CCN(CCCNCC(C)(CC)CO)C(=O)OC(C)(C)C. The Morgan fingerprint density at radius 1 is 1.24 bits per heavy atom. The van der Waals surface area contributed by atoms with Crippen LogP contribution < -0.4 is 5.32 Å². The second-order valence-corrected chi connectivity index (χ2v) is 6.91. The van der Waals surface area contributed by atoms with Gasteiger partial charge in [-0.05, 0) is 47.1 Å². The van der Waals surface area contributed by atoms with E-state index >= 15 is 0 Å². The summed E-state index contributed by atoms with van der Waals surface area (Å²) in [6.45, 7) is 14.9. The highest BCUT2D eigenvalue weighted by molar-refractivity contribution is 5.68. The molecule has 0 saturated heterocycles. The molecule has 1 atom stereocenters. The predicted octanol–water partition coefficient (Wildman–Crippen LogP) is 2.63. The summed E-state index contributed by atoms with van der Waals surface area (Å²) in [5.41, 5.74) is -0.511. The van der Waals surface area contributed by atoms with Crippen LogP contribution in [0.4, 0.5) is 4.79 Å². The van der Waals surface area contributed by atoms with Gasteiger partial charge in [-0.2, -0.15) is 0 Å². The van der Waals surface area contributed by atoms with E-state index < -0.39 is 5.60 Å². The van der Waals surface area contributed by atoms with Crippen molar-refractivity contribution < 1.29 is 14.6 Å². The minimum atomic E-state index is -0.452. The maximum absolute atomic E-state index is 12.0. The van der Waals surface area contributed by atoms with Gasteiger partial charge in [0.2, 0.25) is 0 Å². The molecule has 0 rings (SSSR count). The van der Waals surface area contributed by atoms with Crippen molar-refractivity contribution in [2.45, 2.75) is 60.0 Å². The van der Waals surface area contributed by atoms with Gasteiger partial charge in [-0.3, -0.25) is 0 Å². The van der Waals surface area contributed by atoms with Crippen LogP contribution in [0.2, 0.25) is 0 Å². The van der Waals surface area contributed by atoms with E-state index in [0.717, 1.165) is 25.9 Å². The third-order valence-electron chi connectivity index (χ3n) is 3.60. The first-order valence-corrected chi connectivity index (χ1v) is 7.97. The quantitative estimate of drug-likeness (QED) is 0.643. The van der Waals surface area contributed by atoms with Crippen LogP contribution in [0.15, 0.2) is 0 Å². The van der Waals surface area contributed by atoms with Crippen molar-refractivity contribution in [3.05, 3.63) is 0 Å². The lowest BCUT2D eigenvalue weighted by Crippen LogP contribution is -2.39. The Bertz CT molecular complexity index is 296. The van der Waals surface area contributed by atoms with Gasteiger partial charge in [0.1, 0.15) is 5.60 Å². The van der Waals surface area contributed by atoms with Crippen LogP contribution in [0.3, 0.4) is 0 Å². The number of hydrogen-bond donors (Lipinski definition) is 2. The number of carbonyl (C=O) groups is 1. The molecule has 0 aliphatic heterocycles. The standard InChI is InChI=1S/C16H34N2O3/c1-7-16(6,13-19)12-17-10-9-11-18(8-2)14(20)21-15(3,4)5/h17,19H,7-13H2,1-6H3. The van der Waals surface area contributed by atoms with Crippen molar-refractivity contribution in [3.8, 4) is 0 Å². The molecule has 0 spiro atoms. The molecular formula is C16H34N2O3. The van der Waals surface area contributed by atoms with Gasteiger partial charge in [-0.25, -0.2) is 4.79 Å². The van der Waals surface area contributed by atoms with E-state index in [1.165, 1.54) is 0 Å². The second-order valence-electron chi connectivity index (χ2n) is 6.91. The average molecular weight is 302 g/mol. The summed E-state index contributed by atoms with van der Waals surface area (Å²) in [7, 11) is 0. The van der Waals surface area contributed by atoms with Crippen molar-refractivity contribution in [2.24, 2.45) is 5.41 Å². The number of amides is 1. The molecule has 5 nitrogen and oxygen atoms in total. The molecule has 0 aliphatic carbocycles. The third-order valence-corrected chi connectivity index (χ3v) is 3.60. The summed E-state index contributed by atoms with van der Waals surface area (Å²) in [6, 6.07) is 0. The van der Waals surface area contributed by atoms with Crippen molar-refractivity contribution in [1.29, 1.82) is 0 Å². The van der Waals surface area contributed by atoms with Gasteiger partial charge in [-0.1, -0.05) is 13.8 Å². The van der Waals surface area contributed by atoms with Crippen LogP contribution in [-0.4, -0.2) is 54.5 Å². The molecule has 0 aromatic carbocycles. The van der Waals surface area contributed by atoms with Gasteiger partial charge in [0.25, 0.3) is 0 Å². The Morgan fingerprint density at radius 3 is 2.29 bits per heavy atom. The molecule has 0 heterocycles. The molecule has 0 saturated carbocycles. The van der Waals surface area contributed by atoms with Crippen LogP contribution in [-0.2, 0) is 4.74 Å². The fourth-order valence-corrected chi connectivity index (χ4v) is 1.78. The minimum Gasteiger partial charge on any atom is -0.444 e. The molecule has 5 heteroatoms. The van der Waals surface area contributed by atoms with E-state index in [9.17, 15) is 9.90 Å². The van der Waals surface area contributed by atoms with Crippen molar-refractivity contribution in [2.75, 3.05) is 32.8 Å². The molecule has 1 amide bonds. The second kappa shape index (κ2) is 9.26. The lowest BCUT2D eigenvalue weighted by atomic mass is 9.89.